The van der Waals surface area contributed by atoms with Crippen LogP contribution in [0.15, 0.2) is 48.5 Å². The molecular weight excluding hydrogens is 358 g/mol. The molecule has 148 valence electrons. The van der Waals surface area contributed by atoms with E-state index in [0.29, 0.717) is 25.2 Å². The zero-order valence-corrected chi connectivity index (χ0v) is 16.2. The number of hydrogen-bond donors (Lipinski definition) is 1. The number of carbonyl (C=O) groups excluding carboxylic acids is 2. The van der Waals surface area contributed by atoms with Crippen LogP contribution in [0, 0.1) is 0 Å². The molecule has 1 fully saturated rings. The number of ether oxygens (including phenoxy) is 2. The molecule has 0 aliphatic carbocycles. The molecule has 3 rings (SSSR count). The summed E-state index contributed by atoms with van der Waals surface area (Å²) < 4.78 is 9.86. The maximum atomic E-state index is 12.4. The number of urea groups is 1. The number of rotatable bonds is 5. The molecule has 7 nitrogen and oxygen atoms in total. The van der Waals surface area contributed by atoms with Crippen LogP contribution in [-0.4, -0.2) is 57.3 Å². The highest BCUT2D eigenvalue weighted by atomic mass is 16.5. The Kier molecular flexibility index (Phi) is 6.37. The summed E-state index contributed by atoms with van der Waals surface area (Å²) in [4.78, 5) is 28.0. The van der Waals surface area contributed by atoms with Crippen LogP contribution in [0.1, 0.15) is 15.9 Å². The molecule has 1 heterocycles. The van der Waals surface area contributed by atoms with Crippen molar-refractivity contribution in [2.45, 2.75) is 6.54 Å². The molecule has 0 spiro atoms. The van der Waals surface area contributed by atoms with Gasteiger partial charge in [0.15, 0.2) is 0 Å². The van der Waals surface area contributed by atoms with Crippen LogP contribution in [-0.2, 0) is 11.3 Å². The quantitative estimate of drug-likeness (QED) is 0.804. The molecule has 2 aromatic carbocycles. The van der Waals surface area contributed by atoms with Gasteiger partial charge in [-0.05, 0) is 42.0 Å². The maximum Gasteiger partial charge on any atom is 0.337 e. The number of nitrogens with zero attached hydrogens (tertiary/aromatic N) is 2. The largest absolute Gasteiger partial charge is 0.497 e. The van der Waals surface area contributed by atoms with Gasteiger partial charge in [-0.1, -0.05) is 12.1 Å². The van der Waals surface area contributed by atoms with Crippen LogP contribution in [0.25, 0.3) is 0 Å². The van der Waals surface area contributed by atoms with E-state index in [1.54, 1.807) is 19.2 Å². The number of methoxy groups -OCH3 is 2. The second-order valence-corrected chi connectivity index (χ2v) is 6.52. The van der Waals surface area contributed by atoms with Gasteiger partial charge in [0.1, 0.15) is 5.75 Å². The summed E-state index contributed by atoms with van der Waals surface area (Å²) in [6.45, 7) is 3.26. The Bertz CT molecular complexity index is 797. The fraction of sp³-hybridized carbons (Fsp3) is 0.333. The van der Waals surface area contributed by atoms with Crippen molar-refractivity contribution in [3.63, 3.8) is 0 Å². The lowest BCUT2D eigenvalue weighted by Crippen LogP contribution is -2.51. The van der Waals surface area contributed by atoms with Crippen molar-refractivity contribution in [2.75, 3.05) is 45.3 Å². The molecule has 2 amide bonds. The predicted octanol–water partition coefficient (Wildman–Crippen LogP) is 2.51. The molecule has 28 heavy (non-hydrogen) atoms. The topological polar surface area (TPSA) is 71.1 Å². The molecule has 1 N–H and O–H groups in total. The number of carbonyl (C=O) groups is 2. The first-order chi connectivity index (χ1) is 13.6. The van der Waals surface area contributed by atoms with Gasteiger partial charge >= 0.3 is 12.0 Å². The van der Waals surface area contributed by atoms with Crippen molar-refractivity contribution >= 4 is 17.7 Å². The first kappa shape index (κ1) is 19.5. The average molecular weight is 383 g/mol. The number of esters is 1. The van der Waals surface area contributed by atoms with Gasteiger partial charge in [0.25, 0.3) is 0 Å². The van der Waals surface area contributed by atoms with Gasteiger partial charge < -0.3 is 24.6 Å². The van der Waals surface area contributed by atoms with E-state index in [9.17, 15) is 9.59 Å². The Balaban J connectivity index is 1.47. The van der Waals surface area contributed by atoms with E-state index in [2.05, 4.69) is 10.2 Å². The van der Waals surface area contributed by atoms with Gasteiger partial charge in [0, 0.05) is 38.4 Å². The summed E-state index contributed by atoms with van der Waals surface area (Å²) >= 11 is 0. The minimum absolute atomic E-state index is 0.0588. The highest BCUT2D eigenvalue weighted by Gasteiger charge is 2.21. The van der Waals surface area contributed by atoms with Crippen LogP contribution >= 0.6 is 0 Å². The van der Waals surface area contributed by atoms with Crippen molar-refractivity contribution in [1.82, 2.24) is 10.2 Å². The first-order valence-electron chi connectivity index (χ1n) is 9.19. The molecule has 1 aliphatic rings. The zero-order valence-electron chi connectivity index (χ0n) is 16.2. The van der Waals surface area contributed by atoms with Crippen LogP contribution in [0.2, 0.25) is 0 Å². The standard InChI is InChI=1S/C21H25N3O4/c1-27-19-9-3-16(4-10-19)15-22-21(26)24-13-11-23(12-14-24)18-7-5-17(6-8-18)20(25)28-2/h3-10H,11-15H2,1-2H3,(H,22,26). The Hall–Kier alpha value is -3.22. The number of nitrogens with one attached hydrogen (secondary N) is 1. The lowest BCUT2D eigenvalue weighted by atomic mass is 10.2. The van der Waals surface area contributed by atoms with Gasteiger partial charge in [-0.2, -0.15) is 0 Å². The summed E-state index contributed by atoms with van der Waals surface area (Å²) in [5, 5.41) is 2.96. The van der Waals surface area contributed by atoms with E-state index < -0.39 is 0 Å². The van der Waals surface area contributed by atoms with E-state index in [0.717, 1.165) is 30.1 Å². The third-order valence-corrected chi connectivity index (χ3v) is 4.82. The second-order valence-electron chi connectivity index (χ2n) is 6.52. The number of anilines is 1. The molecule has 0 atom stereocenters. The summed E-state index contributed by atoms with van der Waals surface area (Å²) in [6, 6.07) is 14.9. The Morgan fingerprint density at radius 2 is 1.57 bits per heavy atom. The van der Waals surface area contributed by atoms with E-state index in [-0.39, 0.29) is 12.0 Å². The fourth-order valence-corrected chi connectivity index (χ4v) is 3.13. The van der Waals surface area contributed by atoms with Gasteiger partial charge in [0.2, 0.25) is 0 Å². The highest BCUT2D eigenvalue weighted by molar-refractivity contribution is 5.89. The highest BCUT2D eigenvalue weighted by Crippen LogP contribution is 2.18. The van der Waals surface area contributed by atoms with Gasteiger partial charge in [0.05, 0.1) is 19.8 Å². The van der Waals surface area contributed by atoms with Crippen molar-refractivity contribution in [2.24, 2.45) is 0 Å². The summed E-state index contributed by atoms with van der Waals surface area (Å²) in [6.07, 6.45) is 0. The molecule has 1 aliphatic heterocycles. The molecule has 0 bridgehead atoms. The Labute approximate surface area is 164 Å². The van der Waals surface area contributed by atoms with Crippen molar-refractivity contribution in [1.29, 1.82) is 0 Å². The van der Waals surface area contributed by atoms with Crippen LogP contribution < -0.4 is 15.0 Å². The van der Waals surface area contributed by atoms with Crippen molar-refractivity contribution in [3.8, 4) is 5.75 Å². The van der Waals surface area contributed by atoms with Crippen LogP contribution in [0.5, 0.6) is 5.75 Å². The zero-order chi connectivity index (χ0) is 19.9. The normalized spacial score (nSPS) is 13.8. The summed E-state index contributed by atoms with van der Waals surface area (Å²) in [7, 11) is 3.00. The average Bonchev–Trinajstić information content (AvgIpc) is 2.77. The SMILES string of the molecule is COC(=O)c1ccc(N2CCN(C(=O)NCc3ccc(OC)cc3)CC2)cc1. The van der Waals surface area contributed by atoms with E-state index in [1.807, 2.05) is 41.3 Å². The Morgan fingerprint density at radius 3 is 2.14 bits per heavy atom. The molecule has 2 aromatic rings. The smallest absolute Gasteiger partial charge is 0.337 e. The number of amides is 2. The molecule has 1 saturated heterocycles. The second kappa shape index (κ2) is 9.12. The third-order valence-electron chi connectivity index (χ3n) is 4.82. The molecule has 7 heteroatoms. The molecule has 0 radical (unpaired) electrons. The van der Waals surface area contributed by atoms with Gasteiger partial charge in [-0.15, -0.1) is 0 Å². The molecule has 0 aromatic heterocycles. The van der Waals surface area contributed by atoms with Crippen LogP contribution in [0.4, 0.5) is 10.5 Å². The van der Waals surface area contributed by atoms with Crippen molar-refractivity contribution in [3.05, 3.63) is 59.7 Å². The minimum atomic E-state index is -0.343. The summed E-state index contributed by atoms with van der Waals surface area (Å²) in [5.74, 6) is 0.454. The minimum Gasteiger partial charge on any atom is -0.497 e. The van der Waals surface area contributed by atoms with E-state index in [4.69, 9.17) is 9.47 Å². The lowest BCUT2D eigenvalue weighted by molar-refractivity contribution is 0.0600. The fourth-order valence-electron chi connectivity index (χ4n) is 3.13. The lowest BCUT2D eigenvalue weighted by Gasteiger charge is -2.36. The van der Waals surface area contributed by atoms with Crippen molar-refractivity contribution < 1.29 is 19.1 Å². The molecular formula is C21H25N3O4. The molecule has 0 saturated carbocycles. The molecule has 0 unspecified atom stereocenters. The monoisotopic (exact) mass is 383 g/mol. The summed E-state index contributed by atoms with van der Waals surface area (Å²) in [5.41, 5.74) is 2.59. The maximum absolute atomic E-state index is 12.4. The van der Waals surface area contributed by atoms with Crippen LogP contribution in [0.3, 0.4) is 0 Å². The first-order valence-corrected chi connectivity index (χ1v) is 9.19. The van der Waals surface area contributed by atoms with Gasteiger partial charge in [-0.3, -0.25) is 0 Å². The third kappa shape index (κ3) is 4.73. The predicted molar refractivity (Wildman–Crippen MR) is 107 cm³/mol. The van der Waals surface area contributed by atoms with E-state index >= 15 is 0 Å². The Morgan fingerprint density at radius 1 is 0.929 bits per heavy atom. The van der Waals surface area contributed by atoms with E-state index in [1.165, 1.54) is 7.11 Å². The number of benzene rings is 2. The number of hydrogen-bond acceptors (Lipinski definition) is 5. The van der Waals surface area contributed by atoms with Gasteiger partial charge in [-0.25, -0.2) is 9.59 Å². The number of piperazine rings is 1.